The minimum atomic E-state index is -1.65. The quantitative estimate of drug-likeness (QED) is 0.0648. The number of thioether (sulfide) groups is 1. The van der Waals surface area contributed by atoms with Crippen LogP contribution in [0.5, 0.6) is 0 Å². The Labute approximate surface area is 580 Å². The normalized spacial score (nSPS) is 26.0. The van der Waals surface area contributed by atoms with Crippen LogP contribution in [-0.2, 0) is 57.5 Å². The monoisotopic (exact) mass is 1380 g/mol. The maximum absolute atomic E-state index is 15.4. The van der Waals surface area contributed by atoms with E-state index in [1.54, 1.807) is 47.6 Å². The van der Waals surface area contributed by atoms with Gasteiger partial charge < -0.3 is 70.3 Å². The number of hydrogen-bond donors (Lipinski definition) is 5. The second-order valence-electron chi connectivity index (χ2n) is 28.7. The molecule has 0 unspecified atom stereocenters. The molecule has 1 aliphatic heterocycles. The molecule has 0 aromatic carbocycles. The van der Waals surface area contributed by atoms with Gasteiger partial charge in [-0.2, -0.15) is 0 Å². The van der Waals surface area contributed by atoms with Crippen LogP contribution in [0.25, 0.3) is 0 Å². The van der Waals surface area contributed by atoms with Crippen LogP contribution in [0.4, 0.5) is 0 Å². The van der Waals surface area contributed by atoms with Crippen molar-refractivity contribution in [1.29, 1.82) is 0 Å². The number of hydrogen-bond acceptors (Lipinski definition) is 15. The Hall–Kier alpha value is -5.86. The summed E-state index contributed by atoms with van der Waals surface area (Å²) in [5, 5.41) is 22.2. The second-order valence-corrected chi connectivity index (χ2v) is 29.9. The average Bonchev–Trinajstić information content (AvgIpc) is 0.806. The van der Waals surface area contributed by atoms with Gasteiger partial charge in [0, 0.05) is 55.9 Å². The molecular weight excluding hydrogens is 1250 g/mol. The number of likely N-dealkylation sites (N-methyl/N-ethyl adjacent to an activating group) is 7. The molecule has 1 heterocycles. The molecule has 1 rings (SSSR count). The van der Waals surface area contributed by atoms with Gasteiger partial charge in [-0.1, -0.05) is 123 Å². The van der Waals surface area contributed by atoms with Crippen LogP contribution in [0.15, 0.2) is 12.2 Å². The Morgan fingerprint density at radius 1 is 0.500 bits per heavy atom. The summed E-state index contributed by atoms with van der Waals surface area (Å²) in [5.41, 5.74) is 0. The molecule has 5 N–H and O–H groups in total. The molecule has 0 saturated carbocycles. The van der Waals surface area contributed by atoms with Crippen molar-refractivity contribution in [3.8, 4) is 0 Å². The molecule has 0 aliphatic carbocycles. The van der Waals surface area contributed by atoms with E-state index in [0.29, 0.717) is 25.1 Å². The van der Waals surface area contributed by atoms with E-state index in [-0.39, 0.29) is 62.6 Å². The molecule has 0 radical (unpaired) electrons. The first-order chi connectivity index (χ1) is 44.6. The minimum Gasteiger partial charge on any atom is -0.390 e. The predicted molar refractivity (Wildman–Crippen MR) is 378 cm³/mol. The third kappa shape index (κ3) is 25.8. The molecule has 13 atom stereocenters. The SMILES string of the molecule is C/C=C/C[C@@H](C)[C@@H](O)[C@H]1C(=O)N[C@@H](CC)C(=O)N(C)[C@H](SCCCN(CC)CC)C(=O)N(C)[C@@H](COCC(C)C)C(=O)N[C@@H](C(C)C)C(=O)N(C)[C@@H](CC(C)C)C(=O)N[C@@H](C)C(=O)N[C@H](C)C(=O)N(C)[C@@H](CC(C)C)C(=O)N(C)[C@@H](CC(C)C)C(=O)N(C)[C@@H](C(C)C)C(=O)N1C. The van der Waals surface area contributed by atoms with Gasteiger partial charge in [-0.05, 0) is 126 Å². The molecule has 552 valence electrons. The number of allylic oxidation sites excluding steroid dienone is 2. The van der Waals surface area contributed by atoms with Crippen molar-refractivity contribution in [3.05, 3.63) is 12.2 Å². The zero-order chi connectivity index (χ0) is 74.1. The van der Waals surface area contributed by atoms with Gasteiger partial charge in [-0.15, -0.1) is 11.8 Å². The summed E-state index contributed by atoms with van der Waals surface area (Å²) in [5.74, 6) is -9.57. The van der Waals surface area contributed by atoms with Gasteiger partial charge in [0.1, 0.15) is 60.4 Å². The number of nitrogens with one attached hydrogen (secondary N) is 4. The summed E-state index contributed by atoms with van der Waals surface area (Å²) in [7, 11) is 10.0. The first-order valence-electron chi connectivity index (χ1n) is 34.9. The van der Waals surface area contributed by atoms with Crippen molar-refractivity contribution in [2.45, 2.75) is 242 Å². The lowest BCUT2D eigenvalue weighted by atomic mass is 9.91. The summed E-state index contributed by atoms with van der Waals surface area (Å²) in [6.45, 7) is 36.3. The molecule has 0 bridgehead atoms. The highest BCUT2D eigenvalue weighted by Crippen LogP contribution is 2.27. The van der Waals surface area contributed by atoms with Crippen molar-refractivity contribution in [3.63, 3.8) is 0 Å². The fourth-order valence-corrected chi connectivity index (χ4v) is 13.0. The van der Waals surface area contributed by atoms with Gasteiger partial charge in [0.15, 0.2) is 5.37 Å². The van der Waals surface area contributed by atoms with E-state index in [1.807, 2.05) is 82.2 Å². The zero-order valence-electron chi connectivity index (χ0n) is 63.4. The standard InChI is InChI=1S/C70H128N12O13S/c1-27-31-33-47(17)58(83)57-62(87)73-50(28-2)64(89)81(26)70(96-35-32-34-82(29-3)30-4)69(94)78(23)54(40-95-39-44(11)12)61(86)74-55(45(13)14)67(92)75(20)51(36-41(5)6)60(85)71-48(18)59(84)72-49(19)63(88)76(21)52(37-42(7)8)65(90)77(22)53(38-43(9)10)66(91)79(24)56(46(15)16)68(93)80(57)25/h27,31,41-58,70,83H,28-30,32-40H2,1-26H3,(H,71,85)(H,72,84)(H,73,87)(H,74,86)/b31-27+/t47-,48+,49-,50+,51+,52+,53+,54+,55+,56+,57+,58-,70-/m1/s1. The smallest absolute Gasteiger partial charge is 0.256 e. The van der Waals surface area contributed by atoms with Crippen molar-refractivity contribution >= 4 is 76.7 Å². The van der Waals surface area contributed by atoms with E-state index >= 15 is 33.6 Å². The Balaban J connectivity index is 4.59. The van der Waals surface area contributed by atoms with Crippen LogP contribution in [0.3, 0.4) is 0 Å². The number of aliphatic hydroxyl groups is 1. The Morgan fingerprint density at radius 2 is 0.969 bits per heavy atom. The van der Waals surface area contributed by atoms with Crippen LogP contribution >= 0.6 is 11.8 Å². The van der Waals surface area contributed by atoms with Crippen LogP contribution in [0, 0.1) is 41.4 Å². The Kier molecular flexibility index (Phi) is 38.7. The summed E-state index contributed by atoms with van der Waals surface area (Å²) in [4.78, 5) is 175. The van der Waals surface area contributed by atoms with Gasteiger partial charge in [0.05, 0.1) is 12.7 Å². The number of ether oxygens (including phenoxy) is 1. The molecule has 1 saturated heterocycles. The fraction of sp³-hybridized carbons (Fsp3) is 0.814. The summed E-state index contributed by atoms with van der Waals surface area (Å²) >= 11 is 1.17. The Bertz CT molecular complexity index is 2570. The van der Waals surface area contributed by atoms with Crippen molar-refractivity contribution in [2.75, 3.05) is 87.9 Å². The molecule has 26 heteroatoms. The number of amides is 11. The number of carbonyl (C=O) groups is 11. The van der Waals surface area contributed by atoms with E-state index in [4.69, 9.17) is 4.74 Å². The lowest BCUT2D eigenvalue weighted by Gasteiger charge is -2.41. The molecule has 1 aliphatic rings. The van der Waals surface area contributed by atoms with Gasteiger partial charge in [-0.25, -0.2) is 0 Å². The van der Waals surface area contributed by atoms with Crippen molar-refractivity contribution < 1.29 is 62.6 Å². The van der Waals surface area contributed by atoms with Gasteiger partial charge in [0.25, 0.3) is 5.91 Å². The molecule has 11 amide bonds. The fourth-order valence-electron chi connectivity index (χ4n) is 11.8. The molecule has 0 aromatic rings. The second kappa shape index (κ2) is 42.2. The highest BCUT2D eigenvalue weighted by Gasteiger charge is 2.46. The van der Waals surface area contributed by atoms with Crippen LogP contribution < -0.4 is 21.3 Å². The minimum absolute atomic E-state index is 0.00983. The predicted octanol–water partition coefficient (Wildman–Crippen LogP) is 4.69. The van der Waals surface area contributed by atoms with Crippen molar-refractivity contribution in [2.24, 2.45) is 41.4 Å². The largest absolute Gasteiger partial charge is 0.390 e. The molecular formula is C70H128N12O13S. The highest BCUT2D eigenvalue weighted by molar-refractivity contribution is 8.00. The summed E-state index contributed by atoms with van der Waals surface area (Å²) in [6, 6.07) is -12.9. The molecule has 96 heavy (non-hydrogen) atoms. The van der Waals surface area contributed by atoms with E-state index in [1.165, 1.54) is 104 Å². The van der Waals surface area contributed by atoms with E-state index in [2.05, 4.69) is 26.2 Å². The topological polar surface area (TPSA) is 291 Å². The van der Waals surface area contributed by atoms with Gasteiger partial charge >= 0.3 is 0 Å². The van der Waals surface area contributed by atoms with Crippen molar-refractivity contribution in [1.82, 2.24) is 60.5 Å². The maximum Gasteiger partial charge on any atom is 0.256 e. The van der Waals surface area contributed by atoms with Gasteiger partial charge in [-0.3, -0.25) is 52.7 Å². The first kappa shape index (κ1) is 88.2. The third-order valence-corrected chi connectivity index (χ3v) is 19.4. The Morgan fingerprint density at radius 3 is 1.45 bits per heavy atom. The summed E-state index contributed by atoms with van der Waals surface area (Å²) in [6.07, 6.45) is 3.39. The van der Waals surface area contributed by atoms with E-state index < -0.39 is 155 Å². The van der Waals surface area contributed by atoms with Crippen LogP contribution in [0.2, 0.25) is 0 Å². The third-order valence-electron chi connectivity index (χ3n) is 18.0. The average molecular weight is 1380 g/mol. The molecule has 0 aromatic heterocycles. The van der Waals surface area contributed by atoms with Crippen LogP contribution in [0.1, 0.15) is 170 Å². The zero-order valence-corrected chi connectivity index (χ0v) is 64.3. The van der Waals surface area contributed by atoms with Crippen LogP contribution in [-0.4, -0.2) is 269 Å². The lowest BCUT2D eigenvalue weighted by molar-refractivity contribution is -0.157. The molecule has 0 spiro atoms. The van der Waals surface area contributed by atoms with E-state index in [9.17, 15) is 24.3 Å². The number of nitrogens with zero attached hydrogens (tertiary/aromatic N) is 8. The molecule has 25 nitrogen and oxygen atoms in total. The number of rotatable bonds is 24. The molecule has 1 fully saturated rings. The maximum atomic E-state index is 15.4. The number of aliphatic hydroxyl groups excluding tert-OH is 1. The van der Waals surface area contributed by atoms with E-state index in [0.717, 1.165) is 18.0 Å². The highest BCUT2D eigenvalue weighted by atomic mass is 32.2. The number of carbonyl (C=O) groups excluding carboxylic acids is 11. The lowest BCUT2D eigenvalue weighted by Crippen LogP contribution is -2.64. The van der Waals surface area contributed by atoms with Gasteiger partial charge in [0.2, 0.25) is 59.1 Å². The summed E-state index contributed by atoms with van der Waals surface area (Å²) < 4.78 is 6.10. The first-order valence-corrected chi connectivity index (χ1v) is 36.0.